The molecule has 1 saturated heterocycles. The lowest BCUT2D eigenvalue weighted by Crippen LogP contribution is -2.18. The summed E-state index contributed by atoms with van der Waals surface area (Å²) in [5.74, 6) is 0.952. The van der Waals surface area contributed by atoms with E-state index in [1.165, 1.54) is 12.8 Å². The molecule has 1 aliphatic rings. The molecule has 3 heteroatoms. The van der Waals surface area contributed by atoms with Crippen LogP contribution in [0.2, 0.25) is 0 Å². The third-order valence-corrected chi connectivity index (χ3v) is 2.73. The summed E-state index contributed by atoms with van der Waals surface area (Å²) in [4.78, 5) is 2.35. The van der Waals surface area contributed by atoms with Crippen LogP contribution in [0, 0.1) is 0 Å². The maximum atomic E-state index is 5.81. The van der Waals surface area contributed by atoms with Crippen molar-refractivity contribution in [2.45, 2.75) is 19.8 Å². The number of ether oxygens (including phenoxy) is 1. The van der Waals surface area contributed by atoms with Crippen LogP contribution in [0.25, 0.3) is 0 Å². The van der Waals surface area contributed by atoms with Crippen molar-refractivity contribution in [2.24, 2.45) is 0 Å². The fourth-order valence-corrected chi connectivity index (χ4v) is 2.02. The molecule has 0 radical (unpaired) electrons. The molecule has 2 rings (SSSR count). The van der Waals surface area contributed by atoms with E-state index >= 15 is 0 Å². The minimum absolute atomic E-state index is 0.699. The molecule has 0 spiro atoms. The van der Waals surface area contributed by atoms with E-state index in [4.69, 9.17) is 10.5 Å². The molecular weight excluding hydrogens is 188 g/mol. The highest BCUT2D eigenvalue weighted by Gasteiger charge is 2.16. The van der Waals surface area contributed by atoms with E-state index in [9.17, 15) is 0 Å². The molecule has 0 saturated carbocycles. The Kier molecular flexibility index (Phi) is 2.99. The quantitative estimate of drug-likeness (QED) is 0.771. The van der Waals surface area contributed by atoms with Crippen molar-refractivity contribution in [1.29, 1.82) is 0 Å². The molecular formula is C12H18N2O. The summed E-state index contributed by atoms with van der Waals surface area (Å²) in [5, 5.41) is 0. The zero-order valence-corrected chi connectivity index (χ0v) is 9.20. The predicted octanol–water partition coefficient (Wildman–Crippen LogP) is 2.27. The molecule has 3 nitrogen and oxygen atoms in total. The fraction of sp³-hybridized carbons (Fsp3) is 0.500. The van der Waals surface area contributed by atoms with Crippen LogP contribution < -0.4 is 15.4 Å². The molecule has 1 aromatic rings. The molecule has 15 heavy (non-hydrogen) atoms. The lowest BCUT2D eigenvalue weighted by atomic mass is 10.2. The molecule has 0 unspecified atom stereocenters. The predicted molar refractivity (Wildman–Crippen MR) is 63.5 cm³/mol. The van der Waals surface area contributed by atoms with Gasteiger partial charge in [-0.15, -0.1) is 0 Å². The van der Waals surface area contributed by atoms with Crippen molar-refractivity contribution < 1.29 is 4.74 Å². The second-order valence-corrected chi connectivity index (χ2v) is 3.85. The molecule has 0 amide bonds. The maximum Gasteiger partial charge on any atom is 0.142 e. The maximum absolute atomic E-state index is 5.81. The average molecular weight is 206 g/mol. The van der Waals surface area contributed by atoms with E-state index in [1.54, 1.807) is 0 Å². The van der Waals surface area contributed by atoms with Crippen molar-refractivity contribution in [3.8, 4) is 5.75 Å². The first-order chi connectivity index (χ1) is 7.31. The number of hydrogen-bond donors (Lipinski definition) is 1. The van der Waals surface area contributed by atoms with Gasteiger partial charge < -0.3 is 15.4 Å². The largest absolute Gasteiger partial charge is 0.492 e. The second-order valence-electron chi connectivity index (χ2n) is 3.85. The Hall–Kier alpha value is -1.38. The number of nitrogens with two attached hydrogens (primary N) is 1. The van der Waals surface area contributed by atoms with E-state index in [1.807, 2.05) is 25.1 Å². The van der Waals surface area contributed by atoms with Gasteiger partial charge in [-0.2, -0.15) is 0 Å². The first kappa shape index (κ1) is 10.1. The monoisotopic (exact) mass is 206 g/mol. The van der Waals surface area contributed by atoms with Crippen molar-refractivity contribution in [1.82, 2.24) is 0 Å². The molecule has 1 heterocycles. The van der Waals surface area contributed by atoms with Crippen LogP contribution in [-0.4, -0.2) is 19.7 Å². The van der Waals surface area contributed by atoms with Crippen molar-refractivity contribution in [3.05, 3.63) is 18.2 Å². The van der Waals surface area contributed by atoms with Gasteiger partial charge in [0.2, 0.25) is 0 Å². The Morgan fingerprint density at radius 2 is 2.07 bits per heavy atom. The van der Waals surface area contributed by atoms with Gasteiger partial charge in [-0.25, -0.2) is 0 Å². The average Bonchev–Trinajstić information content (AvgIpc) is 2.74. The molecule has 0 aromatic heterocycles. The summed E-state index contributed by atoms with van der Waals surface area (Å²) in [7, 11) is 0. The molecule has 1 fully saturated rings. The summed E-state index contributed by atoms with van der Waals surface area (Å²) in [6.07, 6.45) is 2.53. The van der Waals surface area contributed by atoms with E-state index in [-0.39, 0.29) is 0 Å². The second kappa shape index (κ2) is 4.43. The topological polar surface area (TPSA) is 38.5 Å². The number of hydrogen-bond acceptors (Lipinski definition) is 3. The fourth-order valence-electron chi connectivity index (χ4n) is 2.02. The van der Waals surface area contributed by atoms with E-state index in [0.29, 0.717) is 6.61 Å². The van der Waals surface area contributed by atoms with Crippen LogP contribution in [0.15, 0.2) is 18.2 Å². The smallest absolute Gasteiger partial charge is 0.142 e. The van der Waals surface area contributed by atoms with Gasteiger partial charge in [-0.1, -0.05) is 0 Å². The molecule has 0 atom stereocenters. The number of rotatable bonds is 3. The third-order valence-electron chi connectivity index (χ3n) is 2.73. The highest BCUT2D eigenvalue weighted by atomic mass is 16.5. The zero-order valence-electron chi connectivity index (χ0n) is 9.20. The minimum Gasteiger partial charge on any atom is -0.492 e. The van der Waals surface area contributed by atoms with Crippen LogP contribution in [0.3, 0.4) is 0 Å². The lowest BCUT2D eigenvalue weighted by molar-refractivity contribution is 0.340. The highest BCUT2D eigenvalue weighted by molar-refractivity contribution is 5.65. The summed E-state index contributed by atoms with van der Waals surface area (Å²) < 4.78 is 5.61. The van der Waals surface area contributed by atoms with E-state index in [0.717, 1.165) is 30.2 Å². The van der Waals surface area contributed by atoms with E-state index in [2.05, 4.69) is 4.90 Å². The molecule has 0 bridgehead atoms. The Bertz CT molecular complexity index is 332. The van der Waals surface area contributed by atoms with Crippen LogP contribution in [-0.2, 0) is 0 Å². The number of nitrogens with zero attached hydrogens (tertiary/aromatic N) is 1. The number of nitrogen functional groups attached to an aromatic ring is 1. The third kappa shape index (κ3) is 2.17. The Morgan fingerprint density at radius 3 is 2.73 bits per heavy atom. The van der Waals surface area contributed by atoms with Crippen LogP contribution in [0.5, 0.6) is 5.75 Å². The van der Waals surface area contributed by atoms with Gasteiger partial charge in [0.15, 0.2) is 0 Å². The van der Waals surface area contributed by atoms with Crippen LogP contribution in [0.4, 0.5) is 11.4 Å². The van der Waals surface area contributed by atoms with Gasteiger partial charge in [0.1, 0.15) is 5.75 Å². The van der Waals surface area contributed by atoms with Gasteiger partial charge in [0.05, 0.1) is 12.3 Å². The van der Waals surface area contributed by atoms with Gasteiger partial charge >= 0.3 is 0 Å². The number of benzene rings is 1. The SMILES string of the molecule is CCOc1ccc(N)cc1N1CCCC1. The molecule has 1 aromatic carbocycles. The molecule has 1 aliphatic heterocycles. The van der Waals surface area contributed by atoms with Crippen molar-refractivity contribution in [3.63, 3.8) is 0 Å². The number of anilines is 2. The van der Waals surface area contributed by atoms with Gasteiger partial charge in [0, 0.05) is 18.8 Å². The highest BCUT2D eigenvalue weighted by Crippen LogP contribution is 2.32. The van der Waals surface area contributed by atoms with Gasteiger partial charge in [-0.05, 0) is 38.0 Å². The first-order valence-corrected chi connectivity index (χ1v) is 5.58. The Labute approximate surface area is 90.8 Å². The standard InChI is InChI=1S/C12H18N2O/c1-2-15-12-6-5-10(13)9-11(12)14-7-3-4-8-14/h5-6,9H,2-4,7-8,13H2,1H3. The van der Waals surface area contributed by atoms with Crippen LogP contribution in [0.1, 0.15) is 19.8 Å². The summed E-state index contributed by atoms with van der Waals surface area (Å²) >= 11 is 0. The van der Waals surface area contributed by atoms with Crippen molar-refractivity contribution >= 4 is 11.4 Å². The summed E-state index contributed by atoms with van der Waals surface area (Å²) in [6.45, 7) is 4.93. The summed E-state index contributed by atoms with van der Waals surface area (Å²) in [5.41, 5.74) is 7.76. The van der Waals surface area contributed by atoms with E-state index < -0.39 is 0 Å². The Morgan fingerprint density at radius 1 is 1.33 bits per heavy atom. The zero-order chi connectivity index (χ0) is 10.7. The Balaban J connectivity index is 2.28. The van der Waals surface area contributed by atoms with Crippen LogP contribution >= 0.6 is 0 Å². The first-order valence-electron chi connectivity index (χ1n) is 5.58. The normalized spacial score (nSPS) is 15.7. The molecule has 0 aliphatic carbocycles. The molecule has 82 valence electrons. The molecule has 2 N–H and O–H groups in total. The minimum atomic E-state index is 0.699. The van der Waals surface area contributed by atoms with Gasteiger partial charge in [-0.3, -0.25) is 0 Å². The van der Waals surface area contributed by atoms with Crippen molar-refractivity contribution in [2.75, 3.05) is 30.3 Å². The lowest BCUT2D eigenvalue weighted by Gasteiger charge is -2.21. The van der Waals surface area contributed by atoms with Gasteiger partial charge in [0.25, 0.3) is 0 Å². The summed E-state index contributed by atoms with van der Waals surface area (Å²) in [6, 6.07) is 5.87.